The molecule has 0 saturated carbocycles. The van der Waals surface area contributed by atoms with Crippen molar-refractivity contribution < 1.29 is 12.8 Å². The van der Waals surface area contributed by atoms with E-state index >= 15 is 0 Å². The lowest BCUT2D eigenvalue weighted by atomic mass is 10.2. The van der Waals surface area contributed by atoms with Crippen LogP contribution in [0.15, 0.2) is 18.2 Å². The molecule has 2 rings (SSSR count). The van der Waals surface area contributed by atoms with Crippen LogP contribution in [0.2, 0.25) is 5.02 Å². The predicted molar refractivity (Wildman–Crippen MR) is 95.2 cm³/mol. The monoisotopic (exact) mass is 377 g/mol. The number of rotatable bonds is 7. The van der Waals surface area contributed by atoms with Crippen LogP contribution in [0.3, 0.4) is 0 Å². The normalized spacial score (nSPS) is 17.5. The van der Waals surface area contributed by atoms with Crippen LogP contribution in [0, 0.1) is 5.82 Å². The van der Waals surface area contributed by atoms with Crippen molar-refractivity contribution in [1.29, 1.82) is 0 Å². The number of hydrogen-bond acceptors (Lipinski definition) is 4. The molecule has 8 heteroatoms. The summed E-state index contributed by atoms with van der Waals surface area (Å²) in [5.41, 5.74) is 0.160. The molecule has 1 aliphatic heterocycles. The Kier molecular flexibility index (Phi) is 7.00. The van der Waals surface area contributed by atoms with Gasteiger partial charge in [-0.15, -0.1) is 0 Å². The van der Waals surface area contributed by atoms with Crippen LogP contribution in [0.4, 0.5) is 4.39 Å². The lowest BCUT2D eigenvalue weighted by molar-refractivity contribution is 0.181. The highest BCUT2D eigenvalue weighted by atomic mass is 35.5. The van der Waals surface area contributed by atoms with Crippen molar-refractivity contribution in [2.24, 2.45) is 0 Å². The lowest BCUT2D eigenvalue weighted by Crippen LogP contribution is -2.49. The van der Waals surface area contributed by atoms with Gasteiger partial charge in [0.2, 0.25) is 10.0 Å². The van der Waals surface area contributed by atoms with Crippen LogP contribution >= 0.6 is 11.6 Å². The van der Waals surface area contributed by atoms with Crippen molar-refractivity contribution in [3.8, 4) is 0 Å². The van der Waals surface area contributed by atoms with Crippen molar-refractivity contribution in [3.05, 3.63) is 34.6 Å². The molecule has 1 saturated heterocycles. The topological polar surface area (TPSA) is 43.9 Å². The summed E-state index contributed by atoms with van der Waals surface area (Å²) in [4.78, 5) is 4.42. The quantitative estimate of drug-likeness (QED) is 0.727. The first-order valence-electron chi connectivity index (χ1n) is 8.07. The summed E-state index contributed by atoms with van der Waals surface area (Å²) < 4.78 is 40.3. The largest absolute Gasteiger partial charge is 0.309 e. The number of hydrogen-bond donors (Lipinski definition) is 0. The van der Waals surface area contributed by atoms with E-state index in [1.54, 1.807) is 0 Å². The Labute approximate surface area is 149 Å². The second kappa shape index (κ2) is 8.58. The maximum atomic E-state index is 13.8. The zero-order chi connectivity index (χ0) is 17.7. The van der Waals surface area contributed by atoms with Crippen LogP contribution in [0.1, 0.15) is 12.0 Å². The summed E-state index contributed by atoms with van der Waals surface area (Å²) in [5, 5.41) is 0.264. The van der Waals surface area contributed by atoms with E-state index in [-0.39, 0.29) is 16.3 Å². The van der Waals surface area contributed by atoms with Crippen LogP contribution in [-0.4, -0.2) is 75.9 Å². The minimum atomic E-state index is -3.51. The third kappa shape index (κ3) is 5.67. The zero-order valence-corrected chi connectivity index (χ0v) is 15.8. The molecule has 1 heterocycles. The highest BCUT2D eigenvalue weighted by Gasteiger charge is 2.27. The Morgan fingerprint density at radius 3 is 2.46 bits per heavy atom. The molecule has 0 unspecified atom stereocenters. The van der Waals surface area contributed by atoms with Crippen molar-refractivity contribution in [2.45, 2.75) is 12.2 Å². The van der Waals surface area contributed by atoms with Crippen LogP contribution in [-0.2, 0) is 15.8 Å². The third-order valence-corrected chi connectivity index (χ3v) is 6.22. The van der Waals surface area contributed by atoms with E-state index < -0.39 is 15.8 Å². The average molecular weight is 378 g/mol. The zero-order valence-electron chi connectivity index (χ0n) is 14.2. The Hall–Kier alpha value is -0.730. The predicted octanol–water partition coefficient (Wildman–Crippen LogP) is 1.88. The molecular formula is C16H25ClFN3O2S. The molecule has 5 nitrogen and oxygen atoms in total. The first-order chi connectivity index (χ1) is 11.3. The summed E-state index contributed by atoms with van der Waals surface area (Å²) in [6, 6.07) is 4.10. The first-order valence-corrected chi connectivity index (χ1v) is 10.1. The van der Waals surface area contributed by atoms with Crippen molar-refractivity contribution in [2.75, 3.05) is 53.4 Å². The van der Waals surface area contributed by atoms with Gasteiger partial charge in [0, 0.05) is 36.8 Å². The van der Waals surface area contributed by atoms with Crippen LogP contribution < -0.4 is 0 Å². The van der Waals surface area contributed by atoms with E-state index in [1.165, 1.54) is 16.4 Å². The van der Waals surface area contributed by atoms with Crippen LogP contribution in [0.5, 0.6) is 0 Å². The molecule has 0 amide bonds. The molecule has 0 radical (unpaired) electrons. The molecular weight excluding hydrogens is 353 g/mol. The Bertz CT molecular complexity index is 647. The summed E-state index contributed by atoms with van der Waals surface area (Å²) in [6.45, 7) is 4.34. The molecule has 0 aliphatic carbocycles. The molecule has 0 spiro atoms. The van der Waals surface area contributed by atoms with E-state index in [4.69, 9.17) is 11.6 Å². The Balaban J connectivity index is 1.88. The van der Waals surface area contributed by atoms with E-state index in [0.717, 1.165) is 38.7 Å². The SMILES string of the molecule is CN(C)CCCN1CCN(S(=O)(=O)Cc2ccc(Cl)cc2F)CC1. The Morgan fingerprint density at radius 1 is 1.21 bits per heavy atom. The van der Waals surface area contributed by atoms with Gasteiger partial charge in [-0.2, -0.15) is 4.31 Å². The number of nitrogens with zero attached hydrogens (tertiary/aromatic N) is 3. The molecule has 24 heavy (non-hydrogen) atoms. The molecule has 136 valence electrons. The van der Waals surface area contributed by atoms with Gasteiger partial charge in [-0.25, -0.2) is 12.8 Å². The summed E-state index contributed by atoms with van der Waals surface area (Å²) in [5.74, 6) is -0.898. The van der Waals surface area contributed by atoms with E-state index in [0.29, 0.717) is 13.1 Å². The van der Waals surface area contributed by atoms with E-state index in [1.807, 2.05) is 14.1 Å². The van der Waals surface area contributed by atoms with Gasteiger partial charge >= 0.3 is 0 Å². The summed E-state index contributed by atoms with van der Waals surface area (Å²) in [7, 11) is 0.570. The fourth-order valence-corrected chi connectivity index (χ4v) is 4.46. The maximum absolute atomic E-state index is 13.8. The molecule has 1 aromatic carbocycles. The van der Waals surface area contributed by atoms with Gasteiger partial charge in [-0.1, -0.05) is 17.7 Å². The van der Waals surface area contributed by atoms with Crippen molar-refractivity contribution in [3.63, 3.8) is 0 Å². The fourth-order valence-electron chi connectivity index (χ4n) is 2.77. The number of halogens is 2. The highest BCUT2D eigenvalue weighted by Crippen LogP contribution is 2.19. The second-order valence-electron chi connectivity index (χ2n) is 6.39. The minimum absolute atomic E-state index is 0.160. The van der Waals surface area contributed by atoms with Gasteiger partial charge in [-0.05, 0) is 45.7 Å². The smallest absolute Gasteiger partial charge is 0.218 e. The van der Waals surface area contributed by atoms with Gasteiger partial charge in [0.15, 0.2) is 0 Å². The van der Waals surface area contributed by atoms with E-state index in [2.05, 4.69) is 9.80 Å². The van der Waals surface area contributed by atoms with Gasteiger partial charge in [0.25, 0.3) is 0 Å². The minimum Gasteiger partial charge on any atom is -0.309 e. The average Bonchev–Trinajstić information content (AvgIpc) is 2.50. The number of benzene rings is 1. The molecule has 0 atom stereocenters. The Morgan fingerprint density at radius 2 is 1.88 bits per heavy atom. The first kappa shape index (κ1) is 19.6. The van der Waals surface area contributed by atoms with Crippen LogP contribution in [0.25, 0.3) is 0 Å². The van der Waals surface area contributed by atoms with Crippen molar-refractivity contribution in [1.82, 2.24) is 14.1 Å². The summed E-state index contributed by atoms with van der Waals surface area (Å²) in [6.07, 6.45) is 1.07. The molecule has 0 bridgehead atoms. The van der Waals surface area contributed by atoms with Gasteiger partial charge in [-0.3, -0.25) is 0 Å². The van der Waals surface area contributed by atoms with Crippen molar-refractivity contribution >= 4 is 21.6 Å². The molecule has 1 aromatic rings. The highest BCUT2D eigenvalue weighted by molar-refractivity contribution is 7.88. The van der Waals surface area contributed by atoms with Gasteiger partial charge < -0.3 is 9.80 Å². The molecule has 0 N–H and O–H groups in total. The molecule has 1 aliphatic rings. The molecule has 1 fully saturated rings. The second-order valence-corrected chi connectivity index (χ2v) is 8.79. The number of sulfonamides is 1. The van der Waals surface area contributed by atoms with Gasteiger partial charge in [0.05, 0.1) is 5.75 Å². The lowest BCUT2D eigenvalue weighted by Gasteiger charge is -2.34. The van der Waals surface area contributed by atoms with Gasteiger partial charge in [0.1, 0.15) is 5.82 Å². The fraction of sp³-hybridized carbons (Fsp3) is 0.625. The number of piperazine rings is 1. The third-order valence-electron chi connectivity index (χ3n) is 4.16. The summed E-state index contributed by atoms with van der Waals surface area (Å²) >= 11 is 5.71. The molecule has 0 aromatic heterocycles. The van der Waals surface area contributed by atoms with E-state index in [9.17, 15) is 12.8 Å². The standard InChI is InChI=1S/C16H25ClFN3O2S/c1-19(2)6-3-7-20-8-10-21(11-9-20)24(22,23)13-14-4-5-15(17)12-16(14)18/h4-5,12H,3,6-11,13H2,1-2H3. The maximum Gasteiger partial charge on any atom is 0.218 e.